The second-order valence-electron chi connectivity index (χ2n) is 4.91. The molecule has 1 aromatic heterocycles. The van der Waals surface area contributed by atoms with E-state index in [0.717, 1.165) is 41.3 Å². The molecule has 2 aromatic rings. The van der Waals surface area contributed by atoms with Gasteiger partial charge in [-0.2, -0.15) is 0 Å². The first-order valence-electron chi connectivity index (χ1n) is 6.84. The molecule has 0 aliphatic carbocycles. The number of hydrogen-bond acceptors (Lipinski definition) is 4. The molecule has 1 aromatic carbocycles. The van der Waals surface area contributed by atoms with Gasteiger partial charge in [-0.3, -0.25) is 9.36 Å². The fourth-order valence-corrected chi connectivity index (χ4v) is 3.02. The predicted molar refractivity (Wildman–Crippen MR) is 83.4 cm³/mol. The molecule has 0 atom stereocenters. The lowest BCUT2D eigenvalue weighted by Gasteiger charge is -2.09. The topological polar surface area (TPSA) is 55.1 Å². The van der Waals surface area contributed by atoms with E-state index < -0.39 is 0 Å². The van der Waals surface area contributed by atoms with Gasteiger partial charge in [0.2, 0.25) is 0 Å². The quantitative estimate of drug-likeness (QED) is 0.505. The second-order valence-corrected chi connectivity index (χ2v) is 5.97. The molecule has 20 heavy (non-hydrogen) atoms. The molecule has 0 amide bonds. The lowest BCUT2D eigenvalue weighted by atomic mass is 10.2. The van der Waals surface area contributed by atoms with Crippen molar-refractivity contribution in [2.24, 2.45) is 7.05 Å². The molecule has 1 heterocycles. The number of hydrogen-bond donors (Lipinski definition) is 1. The average molecular weight is 292 g/mol. The normalized spacial score (nSPS) is 11.2. The Kier molecular flexibility index (Phi) is 5.20. The Hall–Kier alpha value is -1.33. The predicted octanol–water partition coefficient (Wildman–Crippen LogP) is 2.50. The number of thioether (sulfide) groups is 1. The molecule has 108 valence electrons. The van der Waals surface area contributed by atoms with Gasteiger partial charge in [-0.05, 0) is 31.9 Å². The number of aryl methyl sites for hydroxylation is 1. The van der Waals surface area contributed by atoms with Gasteiger partial charge in [0, 0.05) is 19.4 Å². The van der Waals surface area contributed by atoms with Crippen molar-refractivity contribution in [1.82, 2.24) is 9.55 Å². The molecule has 0 bridgehead atoms. The molecule has 0 radical (unpaired) electrons. The van der Waals surface area contributed by atoms with E-state index >= 15 is 0 Å². The number of fused-ring (bicyclic) bond motifs is 1. The maximum absolute atomic E-state index is 12.3. The van der Waals surface area contributed by atoms with Gasteiger partial charge in [-0.1, -0.05) is 29.8 Å². The Bertz CT molecular complexity index is 652. The Balaban J connectivity index is 2.20. The number of aromatic nitrogens is 2. The van der Waals surface area contributed by atoms with Crippen LogP contribution in [0.4, 0.5) is 0 Å². The molecular weight excluding hydrogens is 272 g/mol. The number of benzene rings is 1. The van der Waals surface area contributed by atoms with E-state index in [9.17, 15) is 4.79 Å². The van der Waals surface area contributed by atoms with E-state index in [0.29, 0.717) is 5.39 Å². The first-order valence-corrected chi connectivity index (χ1v) is 7.83. The Morgan fingerprint density at radius 3 is 2.85 bits per heavy atom. The van der Waals surface area contributed by atoms with Crippen molar-refractivity contribution in [2.75, 3.05) is 12.4 Å². The number of rotatable bonds is 6. The number of aliphatic hydroxyl groups excluding tert-OH is 1. The minimum Gasteiger partial charge on any atom is -0.396 e. The van der Waals surface area contributed by atoms with Crippen LogP contribution < -0.4 is 5.56 Å². The highest BCUT2D eigenvalue weighted by atomic mass is 32.2. The van der Waals surface area contributed by atoms with Crippen molar-refractivity contribution in [3.63, 3.8) is 0 Å². The zero-order valence-corrected chi connectivity index (χ0v) is 12.7. The standard InChI is InChI=1S/C15H20N2O2S/c1-11-6-7-13-12(10-11)14(19)17(2)15(16-13)20-9-5-3-4-8-18/h6-7,10,18H,3-5,8-9H2,1-2H3. The van der Waals surface area contributed by atoms with Gasteiger partial charge >= 0.3 is 0 Å². The molecule has 2 rings (SSSR count). The van der Waals surface area contributed by atoms with Crippen molar-refractivity contribution in [3.05, 3.63) is 34.1 Å². The highest BCUT2D eigenvalue weighted by molar-refractivity contribution is 7.99. The molecule has 4 nitrogen and oxygen atoms in total. The van der Waals surface area contributed by atoms with Crippen LogP contribution >= 0.6 is 11.8 Å². The maximum Gasteiger partial charge on any atom is 0.261 e. The Morgan fingerprint density at radius 2 is 2.10 bits per heavy atom. The summed E-state index contributed by atoms with van der Waals surface area (Å²) in [4.78, 5) is 16.9. The first kappa shape index (κ1) is 15.1. The van der Waals surface area contributed by atoms with Crippen LogP contribution in [-0.4, -0.2) is 27.0 Å². The molecule has 0 spiro atoms. The fraction of sp³-hybridized carbons (Fsp3) is 0.467. The summed E-state index contributed by atoms with van der Waals surface area (Å²) in [5.41, 5.74) is 1.84. The first-order chi connectivity index (χ1) is 9.63. The molecule has 5 heteroatoms. The summed E-state index contributed by atoms with van der Waals surface area (Å²) in [5.74, 6) is 0.914. The summed E-state index contributed by atoms with van der Waals surface area (Å²) >= 11 is 1.60. The number of aliphatic hydroxyl groups is 1. The highest BCUT2D eigenvalue weighted by Gasteiger charge is 2.08. The lowest BCUT2D eigenvalue weighted by Crippen LogP contribution is -2.20. The van der Waals surface area contributed by atoms with Crippen LogP contribution in [0.1, 0.15) is 24.8 Å². The molecular formula is C15H20N2O2S. The third-order valence-electron chi connectivity index (χ3n) is 3.22. The van der Waals surface area contributed by atoms with Crippen LogP contribution in [0.15, 0.2) is 28.2 Å². The van der Waals surface area contributed by atoms with Crippen molar-refractivity contribution < 1.29 is 5.11 Å². The highest BCUT2D eigenvalue weighted by Crippen LogP contribution is 2.19. The molecule has 0 aliphatic heterocycles. The van der Waals surface area contributed by atoms with Crippen LogP contribution in [0.25, 0.3) is 10.9 Å². The van der Waals surface area contributed by atoms with Gasteiger partial charge in [0.05, 0.1) is 10.9 Å². The monoisotopic (exact) mass is 292 g/mol. The van der Waals surface area contributed by atoms with E-state index in [1.807, 2.05) is 25.1 Å². The third kappa shape index (κ3) is 3.41. The van der Waals surface area contributed by atoms with Crippen molar-refractivity contribution in [1.29, 1.82) is 0 Å². The fourth-order valence-electron chi connectivity index (χ4n) is 2.05. The van der Waals surface area contributed by atoms with Crippen LogP contribution in [0.2, 0.25) is 0 Å². The van der Waals surface area contributed by atoms with Gasteiger partial charge in [-0.15, -0.1) is 0 Å². The smallest absolute Gasteiger partial charge is 0.261 e. The van der Waals surface area contributed by atoms with Crippen LogP contribution in [0, 0.1) is 6.92 Å². The zero-order valence-electron chi connectivity index (χ0n) is 11.9. The summed E-state index contributed by atoms with van der Waals surface area (Å²) in [6, 6.07) is 5.77. The lowest BCUT2D eigenvalue weighted by molar-refractivity contribution is 0.284. The van der Waals surface area contributed by atoms with E-state index in [-0.39, 0.29) is 12.2 Å². The van der Waals surface area contributed by atoms with E-state index in [2.05, 4.69) is 4.98 Å². The molecule has 0 fully saturated rings. The van der Waals surface area contributed by atoms with Crippen LogP contribution in [0.5, 0.6) is 0 Å². The summed E-state index contributed by atoms with van der Waals surface area (Å²) in [6.45, 7) is 2.22. The van der Waals surface area contributed by atoms with Crippen molar-refractivity contribution in [2.45, 2.75) is 31.3 Å². The minimum absolute atomic E-state index is 0.0107. The maximum atomic E-state index is 12.3. The van der Waals surface area contributed by atoms with Gasteiger partial charge in [0.15, 0.2) is 5.16 Å². The molecule has 0 saturated heterocycles. The number of unbranched alkanes of at least 4 members (excludes halogenated alkanes) is 2. The Labute approximate surface area is 122 Å². The Morgan fingerprint density at radius 1 is 1.30 bits per heavy atom. The molecule has 0 aliphatic rings. The molecule has 0 unspecified atom stereocenters. The minimum atomic E-state index is 0.0107. The van der Waals surface area contributed by atoms with Crippen LogP contribution in [0.3, 0.4) is 0 Å². The third-order valence-corrected chi connectivity index (χ3v) is 4.34. The van der Waals surface area contributed by atoms with Gasteiger partial charge in [-0.25, -0.2) is 4.98 Å². The van der Waals surface area contributed by atoms with Crippen LogP contribution in [-0.2, 0) is 7.05 Å². The molecule has 1 N–H and O–H groups in total. The van der Waals surface area contributed by atoms with Gasteiger partial charge in [0.1, 0.15) is 0 Å². The second kappa shape index (κ2) is 6.90. The SMILES string of the molecule is Cc1ccc2nc(SCCCCCO)n(C)c(=O)c2c1. The summed E-state index contributed by atoms with van der Waals surface area (Å²) in [7, 11) is 1.77. The van der Waals surface area contributed by atoms with E-state index in [4.69, 9.17) is 5.11 Å². The van der Waals surface area contributed by atoms with E-state index in [1.54, 1.807) is 23.4 Å². The zero-order chi connectivity index (χ0) is 14.5. The molecule has 0 saturated carbocycles. The largest absolute Gasteiger partial charge is 0.396 e. The summed E-state index contributed by atoms with van der Waals surface area (Å²) < 4.78 is 1.62. The van der Waals surface area contributed by atoms with E-state index in [1.165, 1.54) is 0 Å². The van der Waals surface area contributed by atoms with Crippen molar-refractivity contribution in [3.8, 4) is 0 Å². The van der Waals surface area contributed by atoms with Gasteiger partial charge in [0.25, 0.3) is 5.56 Å². The van der Waals surface area contributed by atoms with Gasteiger partial charge < -0.3 is 5.11 Å². The van der Waals surface area contributed by atoms with Crippen molar-refractivity contribution >= 4 is 22.7 Å². The average Bonchev–Trinajstić information content (AvgIpc) is 2.44. The summed E-state index contributed by atoms with van der Waals surface area (Å²) in [5, 5.41) is 10.2. The summed E-state index contributed by atoms with van der Waals surface area (Å²) in [6.07, 6.45) is 2.86. The number of nitrogens with zero attached hydrogens (tertiary/aromatic N) is 2.